The summed E-state index contributed by atoms with van der Waals surface area (Å²) in [4.78, 5) is 19.8. The molecule has 0 radical (unpaired) electrons. The maximum Gasteiger partial charge on any atom is 0.164 e. The molecule has 0 unspecified atom stereocenters. The van der Waals surface area contributed by atoms with E-state index in [0.717, 1.165) is 82.6 Å². The molecule has 0 aliphatic heterocycles. The Morgan fingerprint density at radius 1 is 0.271 bits per heavy atom. The lowest BCUT2D eigenvalue weighted by Gasteiger charge is -2.16. The molecule has 0 spiro atoms. The van der Waals surface area contributed by atoms with Gasteiger partial charge in [-0.15, -0.1) is 0 Å². The molecule has 2 heterocycles. The molecular formula is C54H33FN4. The fourth-order valence-corrected chi connectivity index (χ4v) is 8.39. The summed E-state index contributed by atoms with van der Waals surface area (Å²) >= 11 is 0. The Morgan fingerprint density at radius 3 is 1.39 bits per heavy atom. The van der Waals surface area contributed by atoms with Gasteiger partial charge in [0.1, 0.15) is 5.82 Å². The zero-order valence-electron chi connectivity index (χ0n) is 31.7. The number of rotatable bonds is 6. The van der Waals surface area contributed by atoms with Crippen LogP contribution in [0.25, 0.3) is 111 Å². The van der Waals surface area contributed by atoms with Crippen LogP contribution in [0.4, 0.5) is 4.39 Å². The fourth-order valence-electron chi connectivity index (χ4n) is 8.39. The van der Waals surface area contributed by atoms with E-state index in [9.17, 15) is 4.39 Å². The topological polar surface area (TPSA) is 51.6 Å². The zero-order chi connectivity index (χ0) is 39.3. The summed E-state index contributed by atoms with van der Waals surface area (Å²) in [5.41, 5.74) is 10.0. The number of benzene rings is 9. The highest BCUT2D eigenvalue weighted by Crippen LogP contribution is 2.43. The van der Waals surface area contributed by atoms with Crippen LogP contribution in [0.5, 0.6) is 0 Å². The highest BCUT2D eigenvalue weighted by atomic mass is 19.1. The summed E-state index contributed by atoms with van der Waals surface area (Å²) in [6, 6.07) is 67.6. The molecule has 2 aromatic heterocycles. The lowest BCUT2D eigenvalue weighted by molar-refractivity contribution is 0.628. The van der Waals surface area contributed by atoms with Crippen LogP contribution >= 0.6 is 0 Å². The molecule has 0 saturated heterocycles. The third kappa shape index (κ3) is 6.08. The number of hydrogen-bond acceptors (Lipinski definition) is 4. The molecule has 4 nitrogen and oxygen atoms in total. The molecule has 0 fully saturated rings. The molecule has 0 bridgehead atoms. The van der Waals surface area contributed by atoms with Crippen molar-refractivity contribution in [1.29, 1.82) is 0 Å². The quantitative estimate of drug-likeness (QED) is 0.159. The van der Waals surface area contributed by atoms with Crippen LogP contribution in [0, 0.1) is 5.82 Å². The number of pyridine rings is 1. The van der Waals surface area contributed by atoms with Gasteiger partial charge in [-0.3, -0.25) is 0 Å². The monoisotopic (exact) mass is 756 g/mol. The van der Waals surface area contributed by atoms with Crippen LogP contribution in [0.1, 0.15) is 0 Å². The third-order valence-electron chi connectivity index (χ3n) is 11.2. The molecule has 0 aliphatic carbocycles. The summed E-state index contributed by atoms with van der Waals surface area (Å²) in [6.45, 7) is 0. The minimum absolute atomic E-state index is 0.265. The van der Waals surface area contributed by atoms with Gasteiger partial charge in [-0.2, -0.15) is 0 Å². The maximum absolute atomic E-state index is 14.0. The van der Waals surface area contributed by atoms with Gasteiger partial charge < -0.3 is 0 Å². The molecular weight excluding hydrogens is 724 g/mol. The fraction of sp³-hybridized carbons (Fsp3) is 0. The van der Waals surface area contributed by atoms with Crippen molar-refractivity contribution in [2.24, 2.45) is 0 Å². The lowest BCUT2D eigenvalue weighted by Crippen LogP contribution is -2.00. The van der Waals surface area contributed by atoms with Crippen LogP contribution in [0.3, 0.4) is 0 Å². The Balaban J connectivity index is 1.02. The van der Waals surface area contributed by atoms with E-state index in [1.165, 1.54) is 22.9 Å². The normalized spacial score (nSPS) is 11.5. The van der Waals surface area contributed by atoms with Gasteiger partial charge in [-0.1, -0.05) is 170 Å². The van der Waals surface area contributed by atoms with E-state index in [0.29, 0.717) is 17.5 Å². The number of aromatic nitrogens is 4. The van der Waals surface area contributed by atoms with E-state index in [1.807, 2.05) is 78.9 Å². The first kappa shape index (κ1) is 34.4. The van der Waals surface area contributed by atoms with Crippen molar-refractivity contribution in [2.45, 2.75) is 0 Å². The average Bonchev–Trinajstić information content (AvgIpc) is 3.31. The minimum atomic E-state index is -0.265. The van der Waals surface area contributed by atoms with Gasteiger partial charge in [-0.25, -0.2) is 24.3 Å². The Bertz CT molecular complexity index is 3310. The molecule has 0 aliphatic rings. The molecule has 0 atom stereocenters. The molecule has 5 heteroatoms. The van der Waals surface area contributed by atoms with E-state index < -0.39 is 0 Å². The predicted molar refractivity (Wildman–Crippen MR) is 240 cm³/mol. The Kier molecular flexibility index (Phi) is 8.30. The molecule has 9 aromatic carbocycles. The van der Waals surface area contributed by atoms with Gasteiger partial charge in [-0.05, 0) is 74.1 Å². The second kappa shape index (κ2) is 14.2. The maximum atomic E-state index is 14.0. The van der Waals surface area contributed by atoms with Crippen molar-refractivity contribution in [2.75, 3.05) is 0 Å². The molecule has 276 valence electrons. The number of para-hydroxylation sites is 1. The summed E-state index contributed by atoms with van der Waals surface area (Å²) in [6.07, 6.45) is 0. The second-order valence-corrected chi connectivity index (χ2v) is 14.7. The molecule has 0 amide bonds. The minimum Gasteiger partial charge on any atom is -0.247 e. The summed E-state index contributed by atoms with van der Waals surface area (Å²) in [7, 11) is 0. The summed E-state index contributed by atoms with van der Waals surface area (Å²) < 4.78 is 14.0. The van der Waals surface area contributed by atoms with E-state index >= 15 is 0 Å². The van der Waals surface area contributed by atoms with Crippen molar-refractivity contribution in [3.05, 3.63) is 206 Å². The van der Waals surface area contributed by atoms with Crippen LogP contribution in [-0.2, 0) is 0 Å². The first-order chi connectivity index (χ1) is 29.2. The zero-order valence-corrected chi connectivity index (χ0v) is 31.7. The number of nitrogens with zero attached hydrogens (tertiary/aromatic N) is 4. The van der Waals surface area contributed by atoms with Crippen LogP contribution in [0.2, 0.25) is 0 Å². The van der Waals surface area contributed by atoms with Crippen molar-refractivity contribution < 1.29 is 4.39 Å². The van der Waals surface area contributed by atoms with Gasteiger partial charge in [0.2, 0.25) is 0 Å². The van der Waals surface area contributed by atoms with E-state index in [4.69, 9.17) is 19.9 Å². The largest absolute Gasteiger partial charge is 0.247 e. The van der Waals surface area contributed by atoms with Crippen molar-refractivity contribution in [1.82, 2.24) is 19.9 Å². The van der Waals surface area contributed by atoms with Crippen molar-refractivity contribution in [3.63, 3.8) is 0 Å². The number of fused-ring (bicyclic) bond motifs is 6. The van der Waals surface area contributed by atoms with E-state index in [1.54, 1.807) is 0 Å². The Hall–Kier alpha value is -7.89. The van der Waals surface area contributed by atoms with E-state index in [2.05, 4.69) is 109 Å². The van der Waals surface area contributed by atoms with Gasteiger partial charge in [0, 0.05) is 38.4 Å². The molecule has 0 saturated carbocycles. The highest BCUT2D eigenvalue weighted by molar-refractivity contribution is 6.24. The summed E-state index contributed by atoms with van der Waals surface area (Å²) in [5.74, 6) is 1.64. The van der Waals surface area contributed by atoms with Gasteiger partial charge in [0.25, 0.3) is 0 Å². The third-order valence-corrected chi connectivity index (χ3v) is 11.2. The van der Waals surface area contributed by atoms with Crippen LogP contribution in [0.15, 0.2) is 200 Å². The first-order valence-electron chi connectivity index (χ1n) is 19.7. The van der Waals surface area contributed by atoms with Crippen molar-refractivity contribution >= 4 is 43.2 Å². The summed E-state index contributed by atoms with van der Waals surface area (Å²) in [5, 5.41) is 7.91. The van der Waals surface area contributed by atoms with Gasteiger partial charge >= 0.3 is 0 Å². The Morgan fingerprint density at radius 2 is 0.729 bits per heavy atom. The average molecular weight is 757 g/mol. The lowest BCUT2D eigenvalue weighted by atomic mass is 9.88. The smallest absolute Gasteiger partial charge is 0.164 e. The number of halogens is 1. The van der Waals surface area contributed by atoms with Gasteiger partial charge in [0.15, 0.2) is 17.5 Å². The second-order valence-electron chi connectivity index (χ2n) is 14.7. The van der Waals surface area contributed by atoms with Crippen LogP contribution in [-0.4, -0.2) is 19.9 Å². The van der Waals surface area contributed by atoms with Gasteiger partial charge in [0.05, 0.1) is 11.2 Å². The standard InChI is InChI=1S/C54H33FN4/c55-39-28-26-35(27-29-39)51-48-33-32-45-43(19-11-20-46(45)50(48)47-18-9-10-21-49(47)56-51)44-31-30-40(41-16-7-8-17-42(41)44)34-22-24-38(25-23-34)54-58-52(36-12-3-1-4-13-36)57-53(59-54)37-14-5-2-6-15-37/h1-33H. The SMILES string of the molecule is Fc1ccc(-c2nc3ccccc3c3c2ccc2c(-c4ccc(-c5ccc(-c6nc(-c7ccccc7)nc(-c7ccccc7)n6)cc5)c5ccccc45)cccc23)cc1. The van der Waals surface area contributed by atoms with Crippen molar-refractivity contribution in [3.8, 4) is 67.7 Å². The Labute approximate surface area is 340 Å². The highest BCUT2D eigenvalue weighted by Gasteiger charge is 2.18. The first-order valence-corrected chi connectivity index (χ1v) is 19.7. The molecule has 11 aromatic rings. The predicted octanol–water partition coefficient (Wildman–Crippen LogP) is 14.0. The van der Waals surface area contributed by atoms with E-state index in [-0.39, 0.29) is 5.82 Å². The van der Waals surface area contributed by atoms with Crippen LogP contribution < -0.4 is 0 Å². The molecule has 11 rings (SSSR count). The molecule has 59 heavy (non-hydrogen) atoms. The molecule has 0 N–H and O–H groups in total. The number of hydrogen-bond donors (Lipinski definition) is 0.